The minimum atomic E-state index is -3.76. The van der Waals surface area contributed by atoms with Gasteiger partial charge < -0.3 is 9.64 Å². The molecule has 0 fully saturated rings. The van der Waals surface area contributed by atoms with Crippen molar-refractivity contribution in [2.24, 2.45) is 0 Å². The van der Waals surface area contributed by atoms with Gasteiger partial charge in [-0.2, -0.15) is 0 Å². The fraction of sp³-hybridized carbons (Fsp3) is 0.286. The Bertz CT molecular complexity index is 638. The van der Waals surface area contributed by atoms with Gasteiger partial charge in [0.05, 0.1) is 0 Å². The van der Waals surface area contributed by atoms with Crippen LogP contribution in [-0.4, -0.2) is 52.4 Å². The molecule has 0 spiro atoms. The van der Waals surface area contributed by atoms with Gasteiger partial charge in [-0.3, -0.25) is 9.59 Å². The molecule has 120 valence electrons. The van der Waals surface area contributed by atoms with Crippen LogP contribution in [0.3, 0.4) is 0 Å². The predicted molar refractivity (Wildman–Crippen MR) is 82.1 cm³/mol. The van der Waals surface area contributed by atoms with Crippen molar-refractivity contribution < 1.29 is 22.7 Å². The molecule has 7 nitrogen and oxygen atoms in total. The van der Waals surface area contributed by atoms with E-state index in [0.717, 1.165) is 5.41 Å². The number of rotatable bonds is 7. The van der Waals surface area contributed by atoms with Gasteiger partial charge in [-0.25, -0.2) is 13.1 Å². The number of benzene rings is 1. The number of amides is 1. The van der Waals surface area contributed by atoms with E-state index < -0.39 is 29.1 Å². The van der Waals surface area contributed by atoms with Crippen molar-refractivity contribution >= 4 is 28.0 Å². The minimum absolute atomic E-state index is 0.389. The molecule has 1 aromatic rings. The second-order valence-electron chi connectivity index (χ2n) is 4.53. The zero-order valence-corrected chi connectivity index (χ0v) is 13.2. The lowest BCUT2D eigenvalue weighted by Gasteiger charge is -2.10. The molecule has 0 saturated heterocycles. The Labute approximate surface area is 129 Å². The average Bonchev–Trinajstić information content (AvgIpc) is 2.49. The zero-order valence-electron chi connectivity index (χ0n) is 12.4. The molecule has 0 aromatic heterocycles. The van der Waals surface area contributed by atoms with Crippen LogP contribution in [0, 0.1) is 0 Å². The molecule has 0 radical (unpaired) electrons. The molecule has 1 N–H and O–H groups in total. The fourth-order valence-corrected chi connectivity index (χ4v) is 2.01. The summed E-state index contributed by atoms with van der Waals surface area (Å²) in [6, 6.07) is 8.85. The molecule has 1 rings (SSSR count). The lowest BCUT2D eigenvalue weighted by molar-refractivity contribution is -0.149. The predicted octanol–water partition coefficient (Wildman–Crippen LogP) is 0.208. The molecule has 0 bridgehead atoms. The van der Waals surface area contributed by atoms with E-state index in [1.54, 1.807) is 24.3 Å². The standard InChI is InChI=1S/C14H18N2O5S/c1-16(2)13(17)11-21-14(18)10-15-22(19,20)9-8-12-6-4-3-5-7-12/h3-9,15H,10-11H2,1-2H3/b9-8+. The van der Waals surface area contributed by atoms with E-state index in [1.807, 2.05) is 6.07 Å². The highest BCUT2D eigenvalue weighted by Gasteiger charge is 2.12. The van der Waals surface area contributed by atoms with Crippen LogP contribution in [0.4, 0.5) is 0 Å². The summed E-state index contributed by atoms with van der Waals surface area (Å²) in [5, 5.41) is 0.959. The first-order chi connectivity index (χ1) is 10.3. The number of esters is 1. The maximum atomic E-state index is 11.7. The van der Waals surface area contributed by atoms with Gasteiger partial charge >= 0.3 is 5.97 Å². The maximum Gasteiger partial charge on any atom is 0.321 e. The molecule has 0 aliphatic carbocycles. The van der Waals surface area contributed by atoms with Crippen LogP contribution in [0.2, 0.25) is 0 Å². The van der Waals surface area contributed by atoms with Crippen LogP contribution in [0.1, 0.15) is 5.56 Å². The molecular formula is C14H18N2O5S. The van der Waals surface area contributed by atoms with Crippen molar-refractivity contribution in [1.29, 1.82) is 0 Å². The molecule has 0 atom stereocenters. The Kier molecular flexibility index (Phi) is 6.74. The Hall–Kier alpha value is -2.19. The molecule has 0 saturated carbocycles. The second kappa shape index (κ2) is 8.30. The number of nitrogens with one attached hydrogen (secondary N) is 1. The number of ether oxygens (including phenoxy) is 1. The number of nitrogens with zero attached hydrogens (tertiary/aromatic N) is 1. The van der Waals surface area contributed by atoms with E-state index in [0.29, 0.717) is 5.56 Å². The number of carbonyl (C=O) groups excluding carboxylic acids is 2. The van der Waals surface area contributed by atoms with Crippen LogP contribution in [0.5, 0.6) is 0 Å². The summed E-state index contributed by atoms with van der Waals surface area (Å²) in [4.78, 5) is 23.8. The van der Waals surface area contributed by atoms with Gasteiger partial charge in [0, 0.05) is 19.5 Å². The fourth-order valence-electron chi connectivity index (χ4n) is 1.26. The van der Waals surface area contributed by atoms with E-state index in [1.165, 1.54) is 25.1 Å². The number of likely N-dealkylation sites (N-methyl/N-ethyl adjacent to an activating group) is 1. The van der Waals surface area contributed by atoms with Gasteiger partial charge in [0.2, 0.25) is 10.0 Å². The molecule has 22 heavy (non-hydrogen) atoms. The molecular weight excluding hydrogens is 308 g/mol. The lowest BCUT2D eigenvalue weighted by atomic mass is 10.2. The molecule has 1 aromatic carbocycles. The quantitative estimate of drug-likeness (QED) is 0.723. The average molecular weight is 326 g/mol. The van der Waals surface area contributed by atoms with Crippen molar-refractivity contribution in [2.45, 2.75) is 0 Å². The van der Waals surface area contributed by atoms with Crippen LogP contribution in [0.15, 0.2) is 35.7 Å². The Morgan fingerprint density at radius 3 is 2.45 bits per heavy atom. The third kappa shape index (κ3) is 7.00. The Morgan fingerprint density at radius 2 is 1.86 bits per heavy atom. The van der Waals surface area contributed by atoms with Crippen LogP contribution < -0.4 is 4.72 Å². The van der Waals surface area contributed by atoms with Crippen molar-refractivity contribution in [3.05, 3.63) is 41.3 Å². The third-order valence-corrected chi connectivity index (χ3v) is 3.55. The van der Waals surface area contributed by atoms with Crippen molar-refractivity contribution in [1.82, 2.24) is 9.62 Å². The molecule has 0 aliphatic heterocycles. The van der Waals surface area contributed by atoms with Crippen molar-refractivity contribution in [3.63, 3.8) is 0 Å². The summed E-state index contributed by atoms with van der Waals surface area (Å²) in [5.74, 6) is -1.22. The van der Waals surface area contributed by atoms with Gasteiger partial charge in [-0.1, -0.05) is 30.3 Å². The first-order valence-corrected chi connectivity index (χ1v) is 7.93. The number of sulfonamides is 1. The highest BCUT2D eigenvalue weighted by Crippen LogP contribution is 2.02. The summed E-state index contributed by atoms with van der Waals surface area (Å²) in [6.07, 6.45) is 1.41. The molecule has 0 unspecified atom stereocenters. The van der Waals surface area contributed by atoms with E-state index in [-0.39, 0.29) is 5.91 Å². The lowest BCUT2D eigenvalue weighted by Crippen LogP contribution is -2.32. The van der Waals surface area contributed by atoms with Gasteiger partial charge in [0.25, 0.3) is 5.91 Å². The zero-order chi connectivity index (χ0) is 16.6. The summed E-state index contributed by atoms with van der Waals surface area (Å²) in [7, 11) is -0.714. The van der Waals surface area contributed by atoms with Gasteiger partial charge in [-0.05, 0) is 11.6 Å². The number of hydrogen-bond acceptors (Lipinski definition) is 5. The summed E-state index contributed by atoms with van der Waals surface area (Å²) >= 11 is 0. The minimum Gasteiger partial charge on any atom is -0.455 e. The molecule has 1 amide bonds. The summed E-state index contributed by atoms with van der Waals surface area (Å²) in [6.45, 7) is -0.963. The molecule has 0 heterocycles. The van der Waals surface area contributed by atoms with Crippen LogP contribution >= 0.6 is 0 Å². The van der Waals surface area contributed by atoms with E-state index in [4.69, 9.17) is 0 Å². The molecule has 8 heteroatoms. The first kappa shape index (κ1) is 17.9. The number of carbonyl (C=O) groups is 2. The van der Waals surface area contributed by atoms with Gasteiger partial charge in [0.1, 0.15) is 6.54 Å². The maximum absolute atomic E-state index is 11.7. The Morgan fingerprint density at radius 1 is 1.23 bits per heavy atom. The van der Waals surface area contributed by atoms with E-state index in [9.17, 15) is 18.0 Å². The highest BCUT2D eigenvalue weighted by molar-refractivity contribution is 7.92. The van der Waals surface area contributed by atoms with Crippen LogP contribution in [-0.2, 0) is 24.3 Å². The van der Waals surface area contributed by atoms with Crippen LogP contribution in [0.25, 0.3) is 6.08 Å². The van der Waals surface area contributed by atoms with Gasteiger partial charge in [0.15, 0.2) is 6.61 Å². The highest BCUT2D eigenvalue weighted by atomic mass is 32.2. The summed E-state index contributed by atoms with van der Waals surface area (Å²) < 4.78 is 30.1. The number of hydrogen-bond donors (Lipinski definition) is 1. The summed E-state index contributed by atoms with van der Waals surface area (Å²) in [5.41, 5.74) is 0.715. The van der Waals surface area contributed by atoms with Crippen molar-refractivity contribution in [3.8, 4) is 0 Å². The Balaban J connectivity index is 2.44. The SMILES string of the molecule is CN(C)C(=O)COC(=O)CNS(=O)(=O)/C=C/c1ccccc1. The third-order valence-electron chi connectivity index (χ3n) is 2.51. The monoisotopic (exact) mass is 326 g/mol. The normalized spacial score (nSPS) is 11.4. The second-order valence-corrected chi connectivity index (χ2v) is 6.18. The van der Waals surface area contributed by atoms with E-state index >= 15 is 0 Å². The topological polar surface area (TPSA) is 92.8 Å². The smallest absolute Gasteiger partial charge is 0.321 e. The van der Waals surface area contributed by atoms with Crippen molar-refractivity contribution in [2.75, 3.05) is 27.2 Å². The molecule has 0 aliphatic rings. The van der Waals surface area contributed by atoms with Gasteiger partial charge in [-0.15, -0.1) is 0 Å². The first-order valence-electron chi connectivity index (χ1n) is 6.39. The van der Waals surface area contributed by atoms with E-state index in [2.05, 4.69) is 9.46 Å². The largest absolute Gasteiger partial charge is 0.455 e.